The third-order valence-electron chi connectivity index (χ3n) is 1.95. The molecule has 0 fully saturated rings. The van der Waals surface area contributed by atoms with Gasteiger partial charge < -0.3 is 0 Å². The lowest BCUT2D eigenvalue weighted by Crippen LogP contribution is -1.96. The third-order valence-corrected chi connectivity index (χ3v) is 3.55. The monoisotopic (exact) mass is 294 g/mol. The van der Waals surface area contributed by atoms with Gasteiger partial charge in [0.2, 0.25) is 0 Å². The van der Waals surface area contributed by atoms with E-state index in [9.17, 15) is 0 Å². The second-order valence-corrected chi connectivity index (χ2v) is 5.28. The fourth-order valence-corrected chi connectivity index (χ4v) is 2.26. The van der Waals surface area contributed by atoms with Gasteiger partial charge >= 0.3 is 0 Å². The molecule has 0 atom stereocenters. The smallest absolute Gasteiger partial charge is 0.0580 e. The molecular weight excluding hydrogens is 283 g/mol. The van der Waals surface area contributed by atoms with Gasteiger partial charge in [0, 0.05) is 10.4 Å². The van der Waals surface area contributed by atoms with Crippen LogP contribution in [0.4, 0.5) is 0 Å². The van der Waals surface area contributed by atoms with Gasteiger partial charge in [-0.2, -0.15) is 0 Å². The minimum Gasteiger partial charge on any atom is -0.122 e. The molecule has 0 aromatic heterocycles. The van der Waals surface area contributed by atoms with E-state index >= 15 is 0 Å². The Labute approximate surface area is 104 Å². The lowest BCUT2D eigenvalue weighted by atomic mass is 10.0. The van der Waals surface area contributed by atoms with Gasteiger partial charge in [0.15, 0.2) is 0 Å². The molecule has 0 bridgehead atoms. The Hall–Kier alpha value is 0.280. The fraction of sp³-hybridized carbons (Fsp3) is 0.455. The van der Waals surface area contributed by atoms with Crippen molar-refractivity contribution in [3.63, 3.8) is 0 Å². The molecule has 0 amide bonds. The Kier molecular flexibility index (Phi) is 4.75. The minimum absolute atomic E-state index is 0.529. The summed E-state index contributed by atoms with van der Waals surface area (Å²) >= 11 is 15.4. The van der Waals surface area contributed by atoms with Gasteiger partial charge in [-0.3, -0.25) is 0 Å². The van der Waals surface area contributed by atoms with Crippen LogP contribution in [0.3, 0.4) is 0 Å². The molecule has 0 saturated heterocycles. The van der Waals surface area contributed by atoms with Crippen molar-refractivity contribution < 1.29 is 0 Å². The summed E-state index contributed by atoms with van der Waals surface area (Å²) in [6.45, 7) is 4.36. The molecule has 0 aliphatic carbocycles. The fourth-order valence-electron chi connectivity index (χ4n) is 1.37. The number of hydrogen-bond acceptors (Lipinski definition) is 0. The predicted molar refractivity (Wildman–Crippen MR) is 67.3 cm³/mol. The SMILES string of the molecule is CC(C)Cc1cc(CCl)cc(Br)c1Cl. The highest BCUT2D eigenvalue weighted by Gasteiger charge is 2.08. The number of rotatable bonds is 3. The van der Waals surface area contributed by atoms with Crippen molar-refractivity contribution in [1.29, 1.82) is 0 Å². The van der Waals surface area contributed by atoms with E-state index in [-0.39, 0.29) is 0 Å². The number of alkyl halides is 1. The van der Waals surface area contributed by atoms with Crippen molar-refractivity contribution >= 4 is 39.1 Å². The van der Waals surface area contributed by atoms with Crippen LogP contribution in [0.2, 0.25) is 5.02 Å². The van der Waals surface area contributed by atoms with Gasteiger partial charge in [-0.05, 0) is 45.5 Å². The first-order valence-corrected chi connectivity index (χ1v) is 6.28. The van der Waals surface area contributed by atoms with Crippen LogP contribution < -0.4 is 0 Å². The van der Waals surface area contributed by atoms with Gasteiger partial charge in [-0.15, -0.1) is 11.6 Å². The van der Waals surface area contributed by atoms with E-state index < -0.39 is 0 Å². The van der Waals surface area contributed by atoms with Gasteiger partial charge in [-0.1, -0.05) is 31.5 Å². The normalized spacial score (nSPS) is 11.0. The highest BCUT2D eigenvalue weighted by atomic mass is 79.9. The molecule has 0 nitrogen and oxygen atoms in total. The van der Waals surface area contributed by atoms with E-state index in [1.54, 1.807) is 0 Å². The molecule has 1 aromatic carbocycles. The van der Waals surface area contributed by atoms with E-state index in [1.165, 1.54) is 5.56 Å². The van der Waals surface area contributed by atoms with Crippen molar-refractivity contribution in [2.75, 3.05) is 0 Å². The summed E-state index contributed by atoms with van der Waals surface area (Å²) in [4.78, 5) is 0. The Morgan fingerprint density at radius 2 is 2.00 bits per heavy atom. The summed E-state index contributed by atoms with van der Waals surface area (Å²) in [5, 5.41) is 0.813. The lowest BCUT2D eigenvalue weighted by molar-refractivity contribution is 0.647. The summed E-state index contributed by atoms with van der Waals surface area (Å²) in [6, 6.07) is 4.05. The molecule has 0 radical (unpaired) electrons. The summed E-state index contributed by atoms with van der Waals surface area (Å²) in [7, 11) is 0. The molecule has 0 heterocycles. The van der Waals surface area contributed by atoms with Crippen LogP contribution in [0, 0.1) is 5.92 Å². The molecule has 0 aliphatic heterocycles. The first-order valence-electron chi connectivity index (χ1n) is 4.57. The van der Waals surface area contributed by atoms with Crippen LogP contribution in [0.25, 0.3) is 0 Å². The molecule has 0 saturated carbocycles. The lowest BCUT2D eigenvalue weighted by Gasteiger charge is -2.10. The van der Waals surface area contributed by atoms with Gasteiger partial charge in [0.05, 0.1) is 5.02 Å². The van der Waals surface area contributed by atoms with Crippen molar-refractivity contribution in [2.45, 2.75) is 26.1 Å². The van der Waals surface area contributed by atoms with E-state index in [1.807, 2.05) is 6.07 Å². The number of halogens is 3. The van der Waals surface area contributed by atoms with Crippen LogP contribution in [-0.2, 0) is 12.3 Å². The standard InChI is InChI=1S/C11H13BrCl2/c1-7(2)3-9-4-8(6-13)5-10(12)11(9)14/h4-5,7H,3,6H2,1-2H3. The molecule has 3 heteroatoms. The molecule has 1 rings (SSSR count). The molecule has 14 heavy (non-hydrogen) atoms. The Morgan fingerprint density at radius 3 is 2.50 bits per heavy atom. The zero-order valence-electron chi connectivity index (χ0n) is 8.28. The van der Waals surface area contributed by atoms with Crippen LogP contribution in [-0.4, -0.2) is 0 Å². The predicted octanol–water partition coefficient (Wildman–Crippen LogP) is 5.04. The molecular formula is C11H13BrCl2. The van der Waals surface area contributed by atoms with Crippen molar-refractivity contribution in [2.24, 2.45) is 5.92 Å². The zero-order chi connectivity index (χ0) is 10.7. The van der Waals surface area contributed by atoms with Gasteiger partial charge in [0.25, 0.3) is 0 Å². The average Bonchev–Trinajstić information content (AvgIpc) is 2.11. The summed E-state index contributed by atoms with van der Waals surface area (Å²) in [6.07, 6.45) is 0.988. The Balaban J connectivity index is 3.07. The second kappa shape index (κ2) is 5.39. The first-order chi connectivity index (χ1) is 6.54. The first kappa shape index (κ1) is 12.4. The van der Waals surface area contributed by atoms with Crippen molar-refractivity contribution in [3.8, 4) is 0 Å². The average molecular weight is 296 g/mol. The molecule has 78 valence electrons. The third kappa shape index (κ3) is 3.15. The van der Waals surface area contributed by atoms with Gasteiger partial charge in [0.1, 0.15) is 0 Å². The minimum atomic E-state index is 0.529. The maximum atomic E-state index is 6.18. The highest BCUT2D eigenvalue weighted by Crippen LogP contribution is 2.30. The van der Waals surface area contributed by atoms with E-state index in [2.05, 4.69) is 35.8 Å². The maximum absolute atomic E-state index is 6.18. The maximum Gasteiger partial charge on any atom is 0.0580 e. The van der Waals surface area contributed by atoms with Gasteiger partial charge in [-0.25, -0.2) is 0 Å². The van der Waals surface area contributed by atoms with E-state index in [0.29, 0.717) is 11.8 Å². The molecule has 0 N–H and O–H groups in total. The second-order valence-electron chi connectivity index (χ2n) is 3.78. The van der Waals surface area contributed by atoms with Crippen molar-refractivity contribution in [1.82, 2.24) is 0 Å². The van der Waals surface area contributed by atoms with Crippen LogP contribution in [0.1, 0.15) is 25.0 Å². The quantitative estimate of drug-likeness (QED) is 0.685. The van der Waals surface area contributed by atoms with E-state index in [0.717, 1.165) is 21.5 Å². The Bertz CT molecular complexity index is 321. The summed E-state index contributed by atoms with van der Waals surface area (Å²) in [5.41, 5.74) is 2.28. The van der Waals surface area contributed by atoms with Crippen molar-refractivity contribution in [3.05, 3.63) is 32.8 Å². The molecule has 1 aromatic rings. The summed E-state index contributed by atoms with van der Waals surface area (Å²) in [5.74, 6) is 1.13. The van der Waals surface area contributed by atoms with Crippen LogP contribution in [0.5, 0.6) is 0 Å². The number of benzene rings is 1. The largest absolute Gasteiger partial charge is 0.122 e. The molecule has 0 aliphatic rings. The van der Waals surface area contributed by atoms with Crippen LogP contribution >= 0.6 is 39.1 Å². The zero-order valence-corrected chi connectivity index (χ0v) is 11.4. The molecule has 0 unspecified atom stereocenters. The topological polar surface area (TPSA) is 0 Å². The highest BCUT2D eigenvalue weighted by molar-refractivity contribution is 9.10. The van der Waals surface area contributed by atoms with E-state index in [4.69, 9.17) is 23.2 Å². The summed E-state index contributed by atoms with van der Waals surface area (Å²) < 4.78 is 0.938. The number of hydrogen-bond donors (Lipinski definition) is 0. The Morgan fingerprint density at radius 1 is 1.36 bits per heavy atom. The molecule has 0 spiro atoms. The van der Waals surface area contributed by atoms with Crippen LogP contribution in [0.15, 0.2) is 16.6 Å².